The van der Waals surface area contributed by atoms with Gasteiger partial charge in [-0.15, -0.1) is 0 Å². The first kappa shape index (κ1) is 14.7. The fourth-order valence-electron chi connectivity index (χ4n) is 1.42. The first-order valence-electron chi connectivity index (χ1n) is 6.31. The summed E-state index contributed by atoms with van der Waals surface area (Å²) in [6.45, 7) is 3.62. The number of nitrogens with one attached hydrogen (secondary N) is 1. The van der Waals surface area contributed by atoms with Crippen LogP contribution in [0.5, 0.6) is 0 Å². The lowest BCUT2D eigenvalue weighted by Gasteiger charge is -2.07. The molecule has 0 aliphatic heterocycles. The molecule has 0 aliphatic rings. The van der Waals surface area contributed by atoms with Gasteiger partial charge in [-0.3, -0.25) is 4.79 Å². The van der Waals surface area contributed by atoms with Gasteiger partial charge in [-0.1, -0.05) is 0 Å². The predicted octanol–water partition coefficient (Wildman–Crippen LogP) is 1.43. The molecule has 0 saturated heterocycles. The largest absolute Gasteiger partial charge is 0.467 e. The Labute approximate surface area is 108 Å². The summed E-state index contributed by atoms with van der Waals surface area (Å²) >= 11 is 0. The van der Waals surface area contributed by atoms with Crippen LogP contribution in [0, 0.1) is 0 Å². The minimum absolute atomic E-state index is 0.0540. The average molecular weight is 254 g/mol. The van der Waals surface area contributed by atoms with Crippen LogP contribution in [0.4, 0.5) is 0 Å². The van der Waals surface area contributed by atoms with Crippen molar-refractivity contribution in [2.24, 2.45) is 5.73 Å². The molecule has 3 N–H and O–H groups in total. The predicted molar refractivity (Wildman–Crippen MR) is 68.9 cm³/mol. The molecule has 1 amide bonds. The highest BCUT2D eigenvalue weighted by Gasteiger charge is 2.02. The molecule has 0 bridgehead atoms. The van der Waals surface area contributed by atoms with Crippen LogP contribution in [0.15, 0.2) is 22.8 Å². The normalized spacial score (nSPS) is 12.3. The molecule has 0 fully saturated rings. The van der Waals surface area contributed by atoms with E-state index in [2.05, 4.69) is 5.32 Å². The zero-order valence-corrected chi connectivity index (χ0v) is 10.9. The Morgan fingerprint density at radius 1 is 1.61 bits per heavy atom. The van der Waals surface area contributed by atoms with E-state index in [4.69, 9.17) is 14.9 Å². The van der Waals surface area contributed by atoms with Crippen molar-refractivity contribution in [3.8, 4) is 0 Å². The van der Waals surface area contributed by atoms with Crippen LogP contribution in [0.25, 0.3) is 0 Å². The first-order chi connectivity index (χ1) is 8.68. The molecule has 0 aliphatic carbocycles. The Morgan fingerprint density at radius 3 is 3.11 bits per heavy atom. The van der Waals surface area contributed by atoms with Gasteiger partial charge in [0.15, 0.2) is 0 Å². The molecule has 0 aromatic carbocycles. The van der Waals surface area contributed by atoms with Crippen molar-refractivity contribution in [1.29, 1.82) is 0 Å². The SMILES string of the molecule is CC(N)CCC(=O)NCCCOCc1ccco1. The van der Waals surface area contributed by atoms with Crippen molar-refractivity contribution < 1.29 is 13.9 Å². The molecular weight excluding hydrogens is 232 g/mol. The van der Waals surface area contributed by atoms with Crippen LogP contribution in [0.3, 0.4) is 0 Å². The molecule has 5 nitrogen and oxygen atoms in total. The highest BCUT2D eigenvalue weighted by molar-refractivity contribution is 5.75. The summed E-state index contributed by atoms with van der Waals surface area (Å²) in [7, 11) is 0. The molecule has 1 rings (SSSR count). The number of carbonyl (C=O) groups excluding carboxylic acids is 1. The van der Waals surface area contributed by atoms with Crippen molar-refractivity contribution in [3.63, 3.8) is 0 Å². The molecule has 102 valence electrons. The van der Waals surface area contributed by atoms with E-state index in [0.717, 1.165) is 18.6 Å². The number of rotatable bonds is 9. The molecule has 0 saturated carbocycles. The standard InChI is InChI=1S/C13H22N2O3/c1-11(14)5-6-13(16)15-7-3-8-17-10-12-4-2-9-18-12/h2,4,9,11H,3,5-8,10,14H2,1H3,(H,15,16). The third kappa shape index (κ3) is 7.09. The van der Waals surface area contributed by atoms with E-state index in [1.165, 1.54) is 0 Å². The van der Waals surface area contributed by atoms with E-state index in [-0.39, 0.29) is 11.9 Å². The number of furan rings is 1. The molecule has 5 heteroatoms. The second-order valence-electron chi connectivity index (χ2n) is 4.35. The molecule has 1 aromatic heterocycles. The van der Waals surface area contributed by atoms with Gasteiger partial charge in [0.25, 0.3) is 0 Å². The summed E-state index contributed by atoms with van der Waals surface area (Å²) in [4.78, 5) is 11.3. The Balaban J connectivity index is 1.90. The van der Waals surface area contributed by atoms with Gasteiger partial charge >= 0.3 is 0 Å². The van der Waals surface area contributed by atoms with Crippen molar-refractivity contribution >= 4 is 5.91 Å². The zero-order valence-electron chi connectivity index (χ0n) is 10.9. The highest BCUT2D eigenvalue weighted by atomic mass is 16.5. The fourth-order valence-corrected chi connectivity index (χ4v) is 1.42. The second kappa shape index (κ2) is 8.72. The van der Waals surface area contributed by atoms with Gasteiger partial charge in [-0.05, 0) is 31.9 Å². The van der Waals surface area contributed by atoms with Crippen molar-refractivity contribution in [2.45, 2.75) is 38.8 Å². The topological polar surface area (TPSA) is 77.5 Å². The van der Waals surface area contributed by atoms with Gasteiger partial charge in [-0.25, -0.2) is 0 Å². The average Bonchev–Trinajstić information content (AvgIpc) is 2.84. The van der Waals surface area contributed by atoms with E-state index >= 15 is 0 Å². The van der Waals surface area contributed by atoms with E-state index in [1.54, 1.807) is 6.26 Å². The van der Waals surface area contributed by atoms with Gasteiger partial charge < -0.3 is 20.2 Å². The molecule has 1 unspecified atom stereocenters. The Bertz CT molecular complexity index is 323. The lowest BCUT2D eigenvalue weighted by Crippen LogP contribution is -2.27. The molecule has 18 heavy (non-hydrogen) atoms. The number of hydrogen-bond acceptors (Lipinski definition) is 4. The maximum absolute atomic E-state index is 11.3. The number of nitrogens with two attached hydrogens (primary N) is 1. The molecule has 1 atom stereocenters. The van der Waals surface area contributed by atoms with Gasteiger partial charge in [0.2, 0.25) is 5.91 Å². The lowest BCUT2D eigenvalue weighted by atomic mass is 10.2. The summed E-state index contributed by atoms with van der Waals surface area (Å²) in [5.41, 5.74) is 5.57. The summed E-state index contributed by atoms with van der Waals surface area (Å²) < 4.78 is 10.5. The van der Waals surface area contributed by atoms with E-state index in [9.17, 15) is 4.79 Å². The van der Waals surface area contributed by atoms with Crippen molar-refractivity contribution in [3.05, 3.63) is 24.2 Å². The number of amides is 1. The van der Waals surface area contributed by atoms with Crippen LogP contribution in [0.2, 0.25) is 0 Å². The van der Waals surface area contributed by atoms with Gasteiger partial charge in [0.05, 0.1) is 6.26 Å². The van der Waals surface area contributed by atoms with Crippen LogP contribution in [0.1, 0.15) is 31.9 Å². The Hall–Kier alpha value is -1.33. The van der Waals surface area contributed by atoms with Crippen LogP contribution in [-0.2, 0) is 16.1 Å². The first-order valence-corrected chi connectivity index (χ1v) is 6.31. The van der Waals surface area contributed by atoms with E-state index < -0.39 is 0 Å². The quantitative estimate of drug-likeness (QED) is 0.653. The van der Waals surface area contributed by atoms with Gasteiger partial charge in [0.1, 0.15) is 12.4 Å². The molecule has 1 aromatic rings. The maximum Gasteiger partial charge on any atom is 0.220 e. The van der Waals surface area contributed by atoms with E-state index in [1.807, 2.05) is 19.1 Å². The Kier molecular flexibility index (Phi) is 7.13. The maximum atomic E-state index is 11.3. The number of ether oxygens (including phenoxy) is 1. The molecule has 0 spiro atoms. The van der Waals surface area contributed by atoms with Crippen molar-refractivity contribution in [1.82, 2.24) is 5.32 Å². The number of hydrogen-bond donors (Lipinski definition) is 2. The minimum Gasteiger partial charge on any atom is -0.467 e. The summed E-state index contributed by atoms with van der Waals surface area (Å²) in [6.07, 6.45) is 3.63. The van der Waals surface area contributed by atoms with Crippen LogP contribution >= 0.6 is 0 Å². The lowest BCUT2D eigenvalue weighted by molar-refractivity contribution is -0.121. The zero-order chi connectivity index (χ0) is 13.2. The number of carbonyl (C=O) groups is 1. The van der Waals surface area contributed by atoms with Crippen LogP contribution in [-0.4, -0.2) is 25.1 Å². The summed E-state index contributed by atoms with van der Waals surface area (Å²) in [6, 6.07) is 3.78. The third-order valence-electron chi connectivity index (χ3n) is 2.44. The monoisotopic (exact) mass is 254 g/mol. The summed E-state index contributed by atoms with van der Waals surface area (Å²) in [5, 5.41) is 2.83. The van der Waals surface area contributed by atoms with Crippen molar-refractivity contribution in [2.75, 3.05) is 13.2 Å². The third-order valence-corrected chi connectivity index (χ3v) is 2.44. The molecular formula is C13H22N2O3. The minimum atomic E-state index is 0.0540. The molecule has 1 heterocycles. The van der Waals surface area contributed by atoms with Crippen LogP contribution < -0.4 is 11.1 Å². The van der Waals surface area contributed by atoms with Gasteiger partial charge in [-0.2, -0.15) is 0 Å². The fraction of sp³-hybridized carbons (Fsp3) is 0.615. The van der Waals surface area contributed by atoms with E-state index in [0.29, 0.717) is 26.2 Å². The second-order valence-corrected chi connectivity index (χ2v) is 4.35. The highest BCUT2D eigenvalue weighted by Crippen LogP contribution is 2.01. The smallest absolute Gasteiger partial charge is 0.220 e. The molecule has 0 radical (unpaired) electrons. The summed E-state index contributed by atoms with van der Waals surface area (Å²) in [5.74, 6) is 0.870. The Morgan fingerprint density at radius 2 is 2.44 bits per heavy atom. The van der Waals surface area contributed by atoms with Gasteiger partial charge in [0, 0.05) is 25.6 Å².